The number of aliphatic hydroxyl groups is 1. The van der Waals surface area contributed by atoms with Crippen LogP contribution in [0.2, 0.25) is 0 Å². The van der Waals surface area contributed by atoms with Gasteiger partial charge in [-0.2, -0.15) is 0 Å². The van der Waals surface area contributed by atoms with Gasteiger partial charge in [-0.05, 0) is 18.8 Å². The maximum Gasteiger partial charge on any atom is 0.315 e. The van der Waals surface area contributed by atoms with Crippen molar-refractivity contribution in [1.82, 2.24) is 20.2 Å². The van der Waals surface area contributed by atoms with Crippen LogP contribution in [-0.4, -0.2) is 33.3 Å². The van der Waals surface area contributed by atoms with E-state index < -0.39 is 0 Å². The van der Waals surface area contributed by atoms with Gasteiger partial charge in [-0.3, -0.25) is 0 Å². The molecule has 0 spiro atoms. The first-order chi connectivity index (χ1) is 9.56. The lowest BCUT2D eigenvalue weighted by Crippen LogP contribution is -2.42. The van der Waals surface area contributed by atoms with Crippen molar-refractivity contribution >= 4 is 6.03 Å². The molecule has 0 bridgehead atoms. The molecule has 1 atom stereocenters. The van der Waals surface area contributed by atoms with Gasteiger partial charge in [-0.15, -0.1) is 0 Å². The smallest absolute Gasteiger partial charge is 0.315 e. The molecule has 0 aliphatic carbocycles. The van der Waals surface area contributed by atoms with Crippen LogP contribution in [0.1, 0.15) is 39.4 Å². The van der Waals surface area contributed by atoms with E-state index in [0.717, 1.165) is 18.8 Å². The number of urea groups is 1. The van der Waals surface area contributed by atoms with Crippen molar-refractivity contribution in [2.75, 3.05) is 6.61 Å². The molecule has 2 amide bonds. The highest BCUT2D eigenvalue weighted by molar-refractivity contribution is 5.74. The molecule has 114 valence electrons. The van der Waals surface area contributed by atoms with E-state index >= 15 is 0 Å². The van der Waals surface area contributed by atoms with Crippen molar-refractivity contribution in [2.45, 2.75) is 52.7 Å². The number of aromatic nitrogens is 2. The molecule has 1 rings (SSSR count). The van der Waals surface area contributed by atoms with Crippen LogP contribution in [0.25, 0.3) is 0 Å². The third-order valence-electron chi connectivity index (χ3n) is 3.08. The SMILES string of the molecule is CCC(CCO)NC(=O)NCc1nccn1CC(C)C. The second-order valence-electron chi connectivity index (χ2n) is 5.33. The quantitative estimate of drug-likeness (QED) is 0.676. The van der Waals surface area contributed by atoms with E-state index in [9.17, 15) is 4.79 Å². The van der Waals surface area contributed by atoms with Gasteiger partial charge in [0.2, 0.25) is 0 Å². The Labute approximate surface area is 120 Å². The summed E-state index contributed by atoms with van der Waals surface area (Å²) < 4.78 is 2.05. The van der Waals surface area contributed by atoms with Crippen molar-refractivity contribution in [3.05, 3.63) is 18.2 Å². The zero-order chi connectivity index (χ0) is 15.0. The Morgan fingerprint density at radius 3 is 2.85 bits per heavy atom. The van der Waals surface area contributed by atoms with Gasteiger partial charge in [0.1, 0.15) is 5.82 Å². The van der Waals surface area contributed by atoms with Crippen molar-refractivity contribution < 1.29 is 9.90 Å². The number of imidazole rings is 1. The van der Waals surface area contributed by atoms with Crippen molar-refractivity contribution in [3.63, 3.8) is 0 Å². The number of aliphatic hydroxyl groups excluding tert-OH is 1. The summed E-state index contributed by atoms with van der Waals surface area (Å²) in [6.07, 6.45) is 5.05. The molecular weight excluding hydrogens is 256 g/mol. The van der Waals surface area contributed by atoms with E-state index in [1.807, 2.05) is 13.1 Å². The minimum absolute atomic E-state index is 0.00964. The molecule has 1 heterocycles. The summed E-state index contributed by atoms with van der Waals surface area (Å²) in [5.74, 6) is 1.38. The summed E-state index contributed by atoms with van der Waals surface area (Å²) in [6.45, 7) is 7.64. The summed E-state index contributed by atoms with van der Waals surface area (Å²) in [5, 5.41) is 14.5. The minimum atomic E-state index is -0.218. The number of hydrogen-bond acceptors (Lipinski definition) is 3. The second kappa shape index (κ2) is 8.58. The standard InChI is InChI=1S/C14H26N4O2/c1-4-12(5-8-19)17-14(20)16-9-13-15-6-7-18(13)10-11(2)3/h6-7,11-12,19H,4-5,8-10H2,1-3H3,(H2,16,17,20). The van der Waals surface area contributed by atoms with E-state index in [1.165, 1.54) is 0 Å². The summed E-state index contributed by atoms with van der Waals surface area (Å²) in [6, 6.07) is -0.209. The Bertz CT molecular complexity index is 404. The molecule has 20 heavy (non-hydrogen) atoms. The largest absolute Gasteiger partial charge is 0.396 e. The maximum atomic E-state index is 11.8. The first-order valence-electron chi connectivity index (χ1n) is 7.22. The molecule has 0 aromatic carbocycles. The van der Waals surface area contributed by atoms with Gasteiger partial charge < -0.3 is 20.3 Å². The fourth-order valence-corrected chi connectivity index (χ4v) is 2.00. The molecule has 1 unspecified atom stereocenters. The van der Waals surface area contributed by atoms with Crippen LogP contribution in [0.5, 0.6) is 0 Å². The van der Waals surface area contributed by atoms with Crippen LogP contribution in [0.15, 0.2) is 12.4 Å². The van der Waals surface area contributed by atoms with E-state index in [4.69, 9.17) is 5.11 Å². The summed E-state index contributed by atoms with van der Waals surface area (Å²) in [4.78, 5) is 16.0. The monoisotopic (exact) mass is 282 g/mol. The summed E-state index contributed by atoms with van der Waals surface area (Å²) in [7, 11) is 0. The van der Waals surface area contributed by atoms with Crippen LogP contribution in [0.3, 0.4) is 0 Å². The Hall–Kier alpha value is -1.56. The molecule has 3 N–H and O–H groups in total. The van der Waals surface area contributed by atoms with E-state index in [0.29, 0.717) is 18.9 Å². The van der Waals surface area contributed by atoms with E-state index in [2.05, 4.69) is 34.0 Å². The van der Waals surface area contributed by atoms with Gasteiger partial charge in [0, 0.05) is 31.6 Å². The van der Waals surface area contributed by atoms with Crippen LogP contribution < -0.4 is 10.6 Å². The molecule has 1 aromatic heterocycles. The first kappa shape index (κ1) is 16.5. The highest BCUT2D eigenvalue weighted by atomic mass is 16.3. The van der Waals surface area contributed by atoms with Gasteiger partial charge in [-0.25, -0.2) is 9.78 Å². The lowest BCUT2D eigenvalue weighted by molar-refractivity contribution is 0.227. The number of amides is 2. The predicted octanol–water partition coefficient (Wildman–Crippen LogP) is 1.50. The normalized spacial score (nSPS) is 12.4. The molecule has 0 fully saturated rings. The van der Waals surface area contributed by atoms with Crippen molar-refractivity contribution in [2.24, 2.45) is 5.92 Å². The van der Waals surface area contributed by atoms with Gasteiger partial charge in [0.05, 0.1) is 6.54 Å². The fraction of sp³-hybridized carbons (Fsp3) is 0.714. The minimum Gasteiger partial charge on any atom is -0.396 e. The predicted molar refractivity (Wildman–Crippen MR) is 78.2 cm³/mol. The Kier molecular flexibility index (Phi) is 7.08. The summed E-state index contributed by atoms with van der Waals surface area (Å²) in [5.41, 5.74) is 0. The molecule has 0 saturated heterocycles. The molecule has 0 aliphatic rings. The maximum absolute atomic E-state index is 11.8. The first-order valence-corrected chi connectivity index (χ1v) is 7.22. The molecular formula is C14H26N4O2. The van der Waals surface area contributed by atoms with Gasteiger partial charge in [-0.1, -0.05) is 20.8 Å². The van der Waals surface area contributed by atoms with Crippen LogP contribution in [0.4, 0.5) is 4.79 Å². The highest BCUT2D eigenvalue weighted by Crippen LogP contribution is 2.03. The second-order valence-corrected chi connectivity index (χ2v) is 5.33. The highest BCUT2D eigenvalue weighted by Gasteiger charge is 2.10. The molecule has 0 saturated carbocycles. The number of carbonyl (C=O) groups is 1. The van der Waals surface area contributed by atoms with Crippen molar-refractivity contribution in [3.8, 4) is 0 Å². The fourth-order valence-electron chi connectivity index (χ4n) is 2.00. The van der Waals surface area contributed by atoms with E-state index in [-0.39, 0.29) is 18.7 Å². The van der Waals surface area contributed by atoms with Gasteiger partial charge in [0.25, 0.3) is 0 Å². The van der Waals surface area contributed by atoms with Crippen LogP contribution in [0, 0.1) is 5.92 Å². The van der Waals surface area contributed by atoms with E-state index in [1.54, 1.807) is 6.20 Å². The van der Waals surface area contributed by atoms with Gasteiger partial charge in [0.15, 0.2) is 0 Å². The molecule has 6 nitrogen and oxygen atoms in total. The number of nitrogens with zero attached hydrogens (tertiary/aromatic N) is 2. The molecule has 6 heteroatoms. The number of hydrogen-bond donors (Lipinski definition) is 3. The lowest BCUT2D eigenvalue weighted by atomic mass is 10.2. The zero-order valence-corrected chi connectivity index (χ0v) is 12.6. The average molecular weight is 282 g/mol. The average Bonchev–Trinajstić information content (AvgIpc) is 2.82. The third kappa shape index (κ3) is 5.61. The number of nitrogens with one attached hydrogen (secondary N) is 2. The lowest BCUT2D eigenvalue weighted by Gasteiger charge is -2.16. The topological polar surface area (TPSA) is 79.2 Å². The van der Waals surface area contributed by atoms with Gasteiger partial charge >= 0.3 is 6.03 Å². The summed E-state index contributed by atoms with van der Waals surface area (Å²) >= 11 is 0. The Balaban J connectivity index is 2.42. The van der Waals surface area contributed by atoms with Crippen molar-refractivity contribution in [1.29, 1.82) is 0 Å². The Morgan fingerprint density at radius 2 is 2.25 bits per heavy atom. The zero-order valence-electron chi connectivity index (χ0n) is 12.6. The molecule has 1 aromatic rings. The Morgan fingerprint density at radius 1 is 1.50 bits per heavy atom. The number of rotatable bonds is 8. The molecule has 0 aliphatic heterocycles. The van der Waals surface area contributed by atoms with Crippen LogP contribution >= 0.6 is 0 Å². The third-order valence-corrected chi connectivity index (χ3v) is 3.08. The van der Waals surface area contributed by atoms with Crippen LogP contribution in [-0.2, 0) is 13.1 Å². The molecule has 0 radical (unpaired) electrons. The number of carbonyl (C=O) groups excluding carboxylic acids is 1.